The number of anilines is 1. The molecule has 2 saturated heterocycles. The third kappa shape index (κ3) is 2.71. The molecule has 2 aliphatic heterocycles. The van der Waals surface area contributed by atoms with E-state index in [9.17, 15) is 4.79 Å². The average Bonchev–Trinajstić information content (AvgIpc) is 3.12. The van der Waals surface area contributed by atoms with Crippen LogP contribution in [0.15, 0.2) is 24.3 Å². The predicted molar refractivity (Wildman–Crippen MR) is 92.0 cm³/mol. The van der Waals surface area contributed by atoms with E-state index < -0.39 is 0 Å². The average molecular weight is 326 g/mol. The second-order valence-corrected chi connectivity index (χ2v) is 6.52. The van der Waals surface area contributed by atoms with Crippen molar-refractivity contribution in [2.24, 2.45) is 5.92 Å². The van der Waals surface area contributed by atoms with E-state index in [1.807, 2.05) is 24.0 Å². The van der Waals surface area contributed by atoms with E-state index in [1.165, 1.54) is 0 Å². The van der Waals surface area contributed by atoms with Crippen molar-refractivity contribution in [3.63, 3.8) is 0 Å². The van der Waals surface area contributed by atoms with E-state index in [0.29, 0.717) is 26.3 Å². The first-order chi connectivity index (χ1) is 11.7. The van der Waals surface area contributed by atoms with E-state index in [1.54, 1.807) is 0 Å². The molecule has 2 aliphatic rings. The molecule has 1 aromatic carbocycles. The number of ether oxygens (including phenoxy) is 1. The highest BCUT2D eigenvalue weighted by atomic mass is 16.5. The Hall–Kier alpha value is -2.21. The number of benzene rings is 1. The summed E-state index contributed by atoms with van der Waals surface area (Å²) < 4.78 is 5.34. The molecule has 6 nitrogen and oxygen atoms in total. The topological polar surface area (TPSA) is 58.6 Å². The van der Waals surface area contributed by atoms with Crippen LogP contribution in [0, 0.1) is 12.8 Å². The second-order valence-electron chi connectivity index (χ2n) is 6.52. The van der Waals surface area contributed by atoms with Crippen LogP contribution >= 0.6 is 0 Å². The molecule has 0 radical (unpaired) electrons. The molecule has 1 aromatic heterocycles. The van der Waals surface area contributed by atoms with E-state index in [-0.39, 0.29) is 11.8 Å². The van der Waals surface area contributed by atoms with Gasteiger partial charge in [-0.15, -0.1) is 5.10 Å². The van der Waals surface area contributed by atoms with Gasteiger partial charge in [-0.2, -0.15) is 5.10 Å². The summed E-state index contributed by atoms with van der Waals surface area (Å²) in [6, 6.07) is 8.22. The highest BCUT2D eigenvalue weighted by Gasteiger charge is 2.33. The van der Waals surface area contributed by atoms with E-state index in [2.05, 4.69) is 27.2 Å². The van der Waals surface area contributed by atoms with Crippen molar-refractivity contribution in [3.05, 3.63) is 30.0 Å². The van der Waals surface area contributed by atoms with Gasteiger partial charge in [-0.05, 0) is 13.3 Å². The Kier molecular flexibility index (Phi) is 4.06. The fourth-order valence-corrected chi connectivity index (χ4v) is 3.65. The van der Waals surface area contributed by atoms with Crippen LogP contribution in [-0.2, 0) is 9.53 Å². The molecule has 126 valence electrons. The Balaban J connectivity index is 1.55. The summed E-state index contributed by atoms with van der Waals surface area (Å²) in [5, 5.41) is 11.0. The summed E-state index contributed by atoms with van der Waals surface area (Å²) in [4.78, 5) is 16.8. The molecule has 1 atom stereocenters. The number of aromatic nitrogens is 2. The lowest BCUT2D eigenvalue weighted by Gasteiger charge is -2.29. The first-order valence-electron chi connectivity index (χ1n) is 8.57. The Labute approximate surface area is 141 Å². The molecule has 0 bridgehead atoms. The lowest BCUT2D eigenvalue weighted by atomic mass is 10.1. The van der Waals surface area contributed by atoms with Crippen LogP contribution in [0.3, 0.4) is 0 Å². The SMILES string of the molecule is Cc1nnc(N2CCC(C(=O)N3CCOCC3)C2)c2ccccc12. The molecule has 6 heteroatoms. The fourth-order valence-electron chi connectivity index (χ4n) is 3.65. The standard InChI is InChI=1S/C18H22N4O2/c1-13-15-4-2-3-5-16(15)17(20-19-13)22-7-6-14(12-22)18(23)21-8-10-24-11-9-21/h2-5,14H,6-12H2,1H3. The lowest BCUT2D eigenvalue weighted by Crippen LogP contribution is -2.44. The fraction of sp³-hybridized carbons (Fsp3) is 0.500. The second kappa shape index (κ2) is 6.36. The summed E-state index contributed by atoms with van der Waals surface area (Å²) in [6.45, 7) is 6.27. The molecule has 24 heavy (non-hydrogen) atoms. The summed E-state index contributed by atoms with van der Waals surface area (Å²) in [5.41, 5.74) is 0.939. The number of hydrogen-bond donors (Lipinski definition) is 0. The van der Waals surface area contributed by atoms with Crippen LogP contribution in [0.4, 0.5) is 5.82 Å². The van der Waals surface area contributed by atoms with Crippen molar-refractivity contribution in [1.29, 1.82) is 0 Å². The minimum Gasteiger partial charge on any atom is -0.378 e. The molecule has 0 N–H and O–H groups in total. The number of hydrogen-bond acceptors (Lipinski definition) is 5. The van der Waals surface area contributed by atoms with Gasteiger partial charge in [0.05, 0.1) is 24.8 Å². The Morgan fingerprint density at radius 2 is 1.88 bits per heavy atom. The van der Waals surface area contributed by atoms with Gasteiger partial charge >= 0.3 is 0 Å². The Bertz CT molecular complexity index is 758. The quantitative estimate of drug-likeness (QED) is 0.839. The van der Waals surface area contributed by atoms with Gasteiger partial charge < -0.3 is 14.5 Å². The van der Waals surface area contributed by atoms with Gasteiger partial charge in [0.1, 0.15) is 0 Å². The zero-order valence-electron chi connectivity index (χ0n) is 13.9. The van der Waals surface area contributed by atoms with E-state index >= 15 is 0 Å². The number of rotatable bonds is 2. The van der Waals surface area contributed by atoms with Gasteiger partial charge in [0, 0.05) is 37.0 Å². The maximum atomic E-state index is 12.7. The van der Waals surface area contributed by atoms with Gasteiger partial charge in [0.15, 0.2) is 5.82 Å². The number of morpholine rings is 1. The number of carbonyl (C=O) groups excluding carboxylic acids is 1. The van der Waals surface area contributed by atoms with Crippen LogP contribution in [0.2, 0.25) is 0 Å². The normalized spacial score (nSPS) is 21.5. The van der Waals surface area contributed by atoms with Gasteiger partial charge in [-0.25, -0.2) is 0 Å². The molecule has 3 heterocycles. The monoisotopic (exact) mass is 326 g/mol. The van der Waals surface area contributed by atoms with Crippen LogP contribution in [-0.4, -0.2) is 60.4 Å². The zero-order valence-corrected chi connectivity index (χ0v) is 13.9. The molecule has 4 rings (SSSR count). The molecular formula is C18H22N4O2. The molecule has 0 spiro atoms. The van der Waals surface area contributed by atoms with Gasteiger partial charge in [0.2, 0.25) is 5.91 Å². The minimum absolute atomic E-state index is 0.0463. The zero-order chi connectivity index (χ0) is 16.5. The van der Waals surface area contributed by atoms with Crippen LogP contribution in [0.25, 0.3) is 10.8 Å². The van der Waals surface area contributed by atoms with Crippen LogP contribution < -0.4 is 4.90 Å². The van der Waals surface area contributed by atoms with Gasteiger partial charge in [0.25, 0.3) is 0 Å². The summed E-state index contributed by atoms with van der Waals surface area (Å²) in [7, 11) is 0. The number of amides is 1. The Morgan fingerprint density at radius 3 is 2.67 bits per heavy atom. The number of nitrogens with zero attached hydrogens (tertiary/aromatic N) is 4. The van der Waals surface area contributed by atoms with E-state index in [4.69, 9.17) is 4.74 Å². The molecule has 1 unspecified atom stereocenters. The summed E-state index contributed by atoms with van der Waals surface area (Å²) >= 11 is 0. The number of fused-ring (bicyclic) bond motifs is 1. The predicted octanol–water partition coefficient (Wildman–Crippen LogP) is 1.62. The first kappa shape index (κ1) is 15.3. The molecular weight excluding hydrogens is 304 g/mol. The number of carbonyl (C=O) groups is 1. The maximum Gasteiger partial charge on any atom is 0.227 e. The van der Waals surface area contributed by atoms with Crippen molar-refractivity contribution in [2.75, 3.05) is 44.3 Å². The number of aryl methyl sites for hydroxylation is 1. The Morgan fingerprint density at radius 1 is 1.12 bits per heavy atom. The van der Waals surface area contributed by atoms with Gasteiger partial charge in [-0.1, -0.05) is 24.3 Å². The van der Waals surface area contributed by atoms with Crippen molar-refractivity contribution >= 4 is 22.5 Å². The lowest BCUT2D eigenvalue weighted by molar-refractivity contribution is -0.138. The third-order valence-electron chi connectivity index (χ3n) is 5.01. The van der Waals surface area contributed by atoms with Crippen molar-refractivity contribution in [1.82, 2.24) is 15.1 Å². The van der Waals surface area contributed by atoms with E-state index in [0.717, 1.165) is 41.8 Å². The highest BCUT2D eigenvalue weighted by molar-refractivity contribution is 5.93. The highest BCUT2D eigenvalue weighted by Crippen LogP contribution is 2.30. The van der Waals surface area contributed by atoms with Crippen molar-refractivity contribution < 1.29 is 9.53 Å². The maximum absolute atomic E-state index is 12.7. The molecule has 1 amide bonds. The van der Waals surface area contributed by atoms with Gasteiger partial charge in [-0.3, -0.25) is 4.79 Å². The van der Waals surface area contributed by atoms with Crippen LogP contribution in [0.1, 0.15) is 12.1 Å². The summed E-state index contributed by atoms with van der Waals surface area (Å²) in [5.74, 6) is 1.20. The largest absolute Gasteiger partial charge is 0.378 e. The minimum atomic E-state index is 0.0463. The smallest absolute Gasteiger partial charge is 0.227 e. The summed E-state index contributed by atoms with van der Waals surface area (Å²) in [6.07, 6.45) is 0.875. The van der Waals surface area contributed by atoms with Crippen molar-refractivity contribution in [3.8, 4) is 0 Å². The molecule has 0 saturated carbocycles. The molecule has 0 aliphatic carbocycles. The molecule has 2 aromatic rings. The first-order valence-corrected chi connectivity index (χ1v) is 8.57. The van der Waals surface area contributed by atoms with Crippen LogP contribution in [0.5, 0.6) is 0 Å². The third-order valence-corrected chi connectivity index (χ3v) is 5.01. The molecule has 2 fully saturated rings. The van der Waals surface area contributed by atoms with Crippen molar-refractivity contribution in [2.45, 2.75) is 13.3 Å².